The second-order valence-corrected chi connectivity index (χ2v) is 3.15. The first-order valence-corrected chi connectivity index (χ1v) is 4.00. The van der Waals surface area contributed by atoms with Crippen LogP contribution in [0.4, 0.5) is 0 Å². The smallest absolute Gasteiger partial charge is 0.0386 e. The lowest BCUT2D eigenvalue weighted by atomic mass is 9.85. The Labute approximate surface area is 62.9 Å². The average molecular weight is 140 g/mol. The zero-order valence-corrected chi connectivity index (χ0v) is 7.09. The van der Waals surface area contributed by atoms with E-state index in [2.05, 4.69) is 18.9 Å². The van der Waals surface area contributed by atoms with Gasteiger partial charge in [0.25, 0.3) is 0 Å². The molecule has 1 fully saturated rings. The summed E-state index contributed by atoms with van der Waals surface area (Å²) in [5, 5.41) is 6.40. The van der Waals surface area contributed by atoms with Crippen molar-refractivity contribution in [1.29, 1.82) is 0 Å². The summed E-state index contributed by atoms with van der Waals surface area (Å²) in [5.41, 5.74) is 1.37. The third-order valence-corrected chi connectivity index (χ3v) is 1.94. The summed E-state index contributed by atoms with van der Waals surface area (Å²) >= 11 is 0. The molecule has 0 bridgehead atoms. The number of hydrogen-bond donors (Lipinski definition) is 0. The molecule has 58 valence electrons. The molecule has 1 aliphatic rings. The van der Waals surface area contributed by atoms with E-state index >= 15 is 0 Å². The molecule has 0 radical (unpaired) electrons. The van der Waals surface area contributed by atoms with Crippen molar-refractivity contribution >= 4 is 5.71 Å². The number of hydrazone groups is 1. The Balaban J connectivity index is 2.28. The molecular formula is C8H16N2. The van der Waals surface area contributed by atoms with Gasteiger partial charge < -0.3 is 5.01 Å². The van der Waals surface area contributed by atoms with Crippen molar-refractivity contribution in [2.75, 3.05) is 13.6 Å². The largest absolute Gasteiger partial charge is 0.300 e. The molecule has 2 heteroatoms. The summed E-state index contributed by atoms with van der Waals surface area (Å²) in [7, 11) is 2.02. The van der Waals surface area contributed by atoms with Crippen LogP contribution in [-0.2, 0) is 0 Å². The van der Waals surface area contributed by atoms with E-state index in [4.69, 9.17) is 0 Å². The molecule has 0 amide bonds. The molecule has 0 N–H and O–H groups in total. The first-order chi connectivity index (χ1) is 4.72. The summed E-state index contributed by atoms with van der Waals surface area (Å²) in [6, 6.07) is 0. The maximum Gasteiger partial charge on any atom is 0.0386 e. The predicted molar refractivity (Wildman–Crippen MR) is 44.1 cm³/mol. The highest BCUT2D eigenvalue weighted by atomic mass is 15.4. The second kappa shape index (κ2) is 3.04. The van der Waals surface area contributed by atoms with Gasteiger partial charge in [0.2, 0.25) is 0 Å². The molecule has 0 aromatic carbocycles. The lowest BCUT2D eigenvalue weighted by Gasteiger charge is -2.25. The molecule has 0 unspecified atom stereocenters. The predicted octanol–water partition coefficient (Wildman–Crippen LogP) is 1.72. The normalized spacial score (nSPS) is 23.9. The van der Waals surface area contributed by atoms with Crippen molar-refractivity contribution in [1.82, 2.24) is 5.01 Å². The molecule has 2 nitrogen and oxygen atoms in total. The van der Waals surface area contributed by atoms with E-state index in [1.54, 1.807) is 0 Å². The molecule has 0 aliphatic heterocycles. The second-order valence-electron chi connectivity index (χ2n) is 3.15. The topological polar surface area (TPSA) is 15.6 Å². The fraction of sp³-hybridized carbons (Fsp3) is 0.875. The van der Waals surface area contributed by atoms with E-state index in [1.165, 1.54) is 18.6 Å². The Morgan fingerprint density at radius 1 is 1.60 bits per heavy atom. The van der Waals surface area contributed by atoms with Gasteiger partial charge in [0, 0.05) is 19.3 Å². The molecule has 0 atom stereocenters. The van der Waals surface area contributed by atoms with Crippen LogP contribution in [0.1, 0.15) is 26.7 Å². The van der Waals surface area contributed by atoms with Gasteiger partial charge in [-0.3, -0.25) is 0 Å². The van der Waals surface area contributed by atoms with Gasteiger partial charge in [0.15, 0.2) is 0 Å². The zero-order chi connectivity index (χ0) is 7.56. The first-order valence-electron chi connectivity index (χ1n) is 4.00. The zero-order valence-electron chi connectivity index (χ0n) is 7.09. The summed E-state index contributed by atoms with van der Waals surface area (Å²) in [6.45, 7) is 5.40. The van der Waals surface area contributed by atoms with Crippen LogP contribution in [0.25, 0.3) is 0 Å². The average Bonchev–Trinajstić information content (AvgIpc) is 1.84. The van der Waals surface area contributed by atoms with Crippen molar-refractivity contribution in [3.05, 3.63) is 0 Å². The maximum atomic E-state index is 4.40. The number of nitrogens with zero attached hydrogens (tertiary/aromatic N) is 2. The molecule has 0 saturated heterocycles. The van der Waals surface area contributed by atoms with Gasteiger partial charge in [0.05, 0.1) is 0 Å². The number of hydrogen-bond acceptors (Lipinski definition) is 2. The van der Waals surface area contributed by atoms with Crippen LogP contribution in [0.15, 0.2) is 5.10 Å². The van der Waals surface area contributed by atoms with Crippen molar-refractivity contribution in [2.24, 2.45) is 11.0 Å². The molecule has 0 aromatic heterocycles. The standard InChI is InChI=1S/C8H16N2/c1-4-10(3)9-8-5-7(2)6-8/h7H,4-6H2,1-3H3. The third kappa shape index (κ3) is 1.72. The van der Waals surface area contributed by atoms with Crippen molar-refractivity contribution in [2.45, 2.75) is 26.7 Å². The van der Waals surface area contributed by atoms with Crippen LogP contribution >= 0.6 is 0 Å². The molecule has 1 rings (SSSR count). The van der Waals surface area contributed by atoms with Crippen molar-refractivity contribution in [3.63, 3.8) is 0 Å². The van der Waals surface area contributed by atoms with Gasteiger partial charge in [-0.25, -0.2) is 0 Å². The lowest BCUT2D eigenvalue weighted by molar-refractivity contribution is 0.363. The number of rotatable bonds is 2. The Bertz CT molecular complexity index is 132. The monoisotopic (exact) mass is 140 g/mol. The Hall–Kier alpha value is -0.530. The molecule has 10 heavy (non-hydrogen) atoms. The molecule has 0 heterocycles. The highest BCUT2D eigenvalue weighted by Gasteiger charge is 2.19. The molecule has 0 aromatic rings. The van der Waals surface area contributed by atoms with Crippen LogP contribution < -0.4 is 0 Å². The van der Waals surface area contributed by atoms with Crippen LogP contribution in [0.5, 0.6) is 0 Å². The van der Waals surface area contributed by atoms with Crippen LogP contribution in [0, 0.1) is 5.92 Å². The summed E-state index contributed by atoms with van der Waals surface area (Å²) in [5.74, 6) is 0.879. The van der Waals surface area contributed by atoms with Gasteiger partial charge >= 0.3 is 0 Å². The maximum absolute atomic E-state index is 4.40. The van der Waals surface area contributed by atoms with Crippen LogP contribution in [0.2, 0.25) is 0 Å². The van der Waals surface area contributed by atoms with Gasteiger partial charge in [-0.15, -0.1) is 0 Å². The highest BCUT2D eigenvalue weighted by Crippen LogP contribution is 2.23. The minimum atomic E-state index is 0.879. The van der Waals surface area contributed by atoms with Crippen molar-refractivity contribution < 1.29 is 0 Å². The first kappa shape index (κ1) is 7.58. The minimum absolute atomic E-state index is 0.879. The highest BCUT2D eigenvalue weighted by molar-refractivity contribution is 5.89. The van der Waals surface area contributed by atoms with Crippen molar-refractivity contribution in [3.8, 4) is 0 Å². The summed E-state index contributed by atoms with van der Waals surface area (Å²) in [6.07, 6.45) is 2.43. The molecule has 1 aliphatic carbocycles. The van der Waals surface area contributed by atoms with Gasteiger partial charge in [-0.2, -0.15) is 5.10 Å². The molecule has 0 spiro atoms. The third-order valence-electron chi connectivity index (χ3n) is 1.94. The summed E-state index contributed by atoms with van der Waals surface area (Å²) < 4.78 is 0. The fourth-order valence-corrected chi connectivity index (χ4v) is 1.14. The van der Waals surface area contributed by atoms with E-state index in [0.29, 0.717) is 0 Å². The van der Waals surface area contributed by atoms with Crippen LogP contribution in [-0.4, -0.2) is 24.3 Å². The lowest BCUT2D eigenvalue weighted by Crippen LogP contribution is -2.24. The van der Waals surface area contributed by atoms with E-state index in [0.717, 1.165) is 12.5 Å². The molecular weight excluding hydrogens is 124 g/mol. The Morgan fingerprint density at radius 2 is 2.20 bits per heavy atom. The van der Waals surface area contributed by atoms with E-state index in [1.807, 2.05) is 12.1 Å². The fourth-order valence-electron chi connectivity index (χ4n) is 1.14. The van der Waals surface area contributed by atoms with E-state index in [-0.39, 0.29) is 0 Å². The van der Waals surface area contributed by atoms with E-state index < -0.39 is 0 Å². The summed E-state index contributed by atoms with van der Waals surface area (Å²) in [4.78, 5) is 0. The Morgan fingerprint density at radius 3 is 2.60 bits per heavy atom. The molecule has 1 saturated carbocycles. The van der Waals surface area contributed by atoms with Gasteiger partial charge in [-0.05, 0) is 25.7 Å². The quantitative estimate of drug-likeness (QED) is 0.533. The minimum Gasteiger partial charge on any atom is -0.300 e. The van der Waals surface area contributed by atoms with E-state index in [9.17, 15) is 0 Å². The SMILES string of the molecule is CCN(C)N=C1CC(C)C1. The van der Waals surface area contributed by atoms with Crippen LogP contribution in [0.3, 0.4) is 0 Å². The van der Waals surface area contributed by atoms with Gasteiger partial charge in [0.1, 0.15) is 0 Å². The Kier molecular flexibility index (Phi) is 2.30. The van der Waals surface area contributed by atoms with Gasteiger partial charge in [-0.1, -0.05) is 6.92 Å².